The van der Waals surface area contributed by atoms with Crippen LogP contribution < -0.4 is 0 Å². The van der Waals surface area contributed by atoms with Gasteiger partial charge in [-0.2, -0.15) is 0 Å². The number of hydrogen-bond donors (Lipinski definition) is 1. The summed E-state index contributed by atoms with van der Waals surface area (Å²) in [7, 11) is 0. The van der Waals surface area contributed by atoms with E-state index >= 15 is 0 Å². The summed E-state index contributed by atoms with van der Waals surface area (Å²) < 4.78 is 0. The average molecular weight is 212 g/mol. The second-order valence-electron chi connectivity index (χ2n) is 2.87. The summed E-state index contributed by atoms with van der Waals surface area (Å²) in [6.45, 7) is 0. The average Bonchev–Trinajstić information content (AvgIpc) is 1.93. The molecule has 0 atom stereocenters. The minimum atomic E-state index is -0.644. The van der Waals surface area contributed by atoms with Crippen LogP contribution in [0.15, 0.2) is 24.3 Å². The Kier molecular flexibility index (Phi) is 3.01. The van der Waals surface area contributed by atoms with Gasteiger partial charge in [0.1, 0.15) is 0 Å². The van der Waals surface area contributed by atoms with E-state index in [1.807, 2.05) is 18.2 Å². The molecule has 0 aliphatic carbocycles. The van der Waals surface area contributed by atoms with E-state index in [0.29, 0.717) is 5.75 Å². The summed E-state index contributed by atoms with van der Waals surface area (Å²) in [5.41, 5.74) is 5.69. The van der Waals surface area contributed by atoms with Gasteiger partial charge in [-0.3, -0.25) is 0 Å². The first-order valence-corrected chi connectivity index (χ1v) is 8.70. The standard InChI is InChI=1S/C9H13AsO/c1-10(2)7-8-5-3-4-6-9(8)11/h3-6,11H,7H2,1-2H3. The van der Waals surface area contributed by atoms with Crippen LogP contribution in [0, 0.1) is 0 Å². The molecule has 11 heavy (non-hydrogen) atoms. The van der Waals surface area contributed by atoms with Gasteiger partial charge >= 0.3 is 72.0 Å². The summed E-state index contributed by atoms with van der Waals surface area (Å²) in [4.78, 5) is 0. The van der Waals surface area contributed by atoms with Gasteiger partial charge in [0.05, 0.1) is 0 Å². The van der Waals surface area contributed by atoms with Crippen LogP contribution in [0.3, 0.4) is 0 Å². The Morgan fingerprint density at radius 2 is 1.91 bits per heavy atom. The molecule has 0 amide bonds. The molecule has 0 radical (unpaired) electrons. The van der Waals surface area contributed by atoms with Crippen molar-refractivity contribution in [3.8, 4) is 5.75 Å². The van der Waals surface area contributed by atoms with E-state index in [1.165, 1.54) is 0 Å². The second kappa shape index (κ2) is 3.82. The molecule has 2 heteroatoms. The summed E-state index contributed by atoms with van der Waals surface area (Å²) in [6.07, 6.45) is 0. The molecule has 1 N–H and O–H groups in total. The quantitative estimate of drug-likeness (QED) is 0.745. The van der Waals surface area contributed by atoms with Gasteiger partial charge in [-0.05, 0) is 0 Å². The van der Waals surface area contributed by atoms with Crippen molar-refractivity contribution in [1.29, 1.82) is 0 Å². The molecule has 0 heterocycles. The van der Waals surface area contributed by atoms with Crippen LogP contribution in [0.4, 0.5) is 0 Å². The Bertz CT molecular complexity index is 233. The van der Waals surface area contributed by atoms with Gasteiger partial charge in [0.2, 0.25) is 0 Å². The summed E-state index contributed by atoms with van der Waals surface area (Å²) in [5, 5.41) is 10.5. The van der Waals surface area contributed by atoms with E-state index in [0.717, 1.165) is 10.8 Å². The molecule has 0 fully saturated rings. The number of benzene rings is 1. The molecule has 0 bridgehead atoms. The zero-order valence-corrected chi connectivity index (χ0v) is 8.79. The minimum absolute atomic E-state index is 0.454. The Labute approximate surface area is 72.3 Å². The second-order valence-corrected chi connectivity index (χ2v) is 8.06. The maximum atomic E-state index is 9.38. The number of para-hydroxylation sites is 1. The Balaban J connectivity index is 2.78. The Hall–Kier alpha value is -0.422. The molecule has 0 spiro atoms. The van der Waals surface area contributed by atoms with Crippen molar-refractivity contribution in [1.82, 2.24) is 0 Å². The van der Waals surface area contributed by atoms with Gasteiger partial charge < -0.3 is 0 Å². The number of aromatic hydroxyl groups is 1. The van der Waals surface area contributed by atoms with Crippen molar-refractivity contribution < 1.29 is 5.11 Å². The van der Waals surface area contributed by atoms with Crippen molar-refractivity contribution in [2.45, 2.75) is 16.6 Å². The normalized spacial score (nSPS) is 10.5. The van der Waals surface area contributed by atoms with Crippen LogP contribution in [0.25, 0.3) is 0 Å². The van der Waals surface area contributed by atoms with Crippen LogP contribution in [-0.4, -0.2) is 19.8 Å². The van der Waals surface area contributed by atoms with Crippen molar-refractivity contribution in [3.05, 3.63) is 29.8 Å². The molecule has 60 valence electrons. The summed E-state index contributed by atoms with van der Waals surface area (Å²) >= 11 is -0.644. The molecule has 0 aliphatic rings. The molecule has 1 nitrogen and oxygen atoms in total. The Morgan fingerprint density at radius 1 is 1.27 bits per heavy atom. The zero-order chi connectivity index (χ0) is 8.27. The van der Waals surface area contributed by atoms with Gasteiger partial charge in [0.25, 0.3) is 0 Å². The fraction of sp³-hybridized carbons (Fsp3) is 0.333. The fourth-order valence-electron chi connectivity index (χ4n) is 0.985. The molecular weight excluding hydrogens is 199 g/mol. The molecule has 0 saturated carbocycles. The molecule has 0 aromatic heterocycles. The summed E-state index contributed by atoms with van der Waals surface area (Å²) in [6, 6.07) is 7.60. The third kappa shape index (κ3) is 2.59. The first-order chi connectivity index (χ1) is 5.20. The molecule has 1 aromatic rings. The number of phenolic OH excluding ortho intramolecular Hbond substituents is 1. The van der Waals surface area contributed by atoms with Crippen molar-refractivity contribution in [2.24, 2.45) is 0 Å². The van der Waals surface area contributed by atoms with Gasteiger partial charge in [-0.1, -0.05) is 0 Å². The van der Waals surface area contributed by atoms with Gasteiger partial charge in [-0.15, -0.1) is 0 Å². The van der Waals surface area contributed by atoms with E-state index in [9.17, 15) is 5.11 Å². The predicted octanol–water partition coefficient (Wildman–Crippen LogP) is 2.23. The van der Waals surface area contributed by atoms with Gasteiger partial charge in [0, 0.05) is 0 Å². The van der Waals surface area contributed by atoms with Crippen LogP contribution in [0.1, 0.15) is 5.56 Å². The van der Waals surface area contributed by atoms with E-state index in [-0.39, 0.29) is 0 Å². The SMILES string of the molecule is C[As](C)Cc1ccccc1O. The topological polar surface area (TPSA) is 20.2 Å². The molecule has 0 unspecified atom stereocenters. The molecule has 0 saturated heterocycles. The summed E-state index contributed by atoms with van der Waals surface area (Å²) in [5.74, 6) is 0.454. The van der Waals surface area contributed by atoms with E-state index in [1.54, 1.807) is 6.07 Å². The zero-order valence-electron chi connectivity index (χ0n) is 6.91. The van der Waals surface area contributed by atoms with E-state index in [4.69, 9.17) is 0 Å². The van der Waals surface area contributed by atoms with Crippen LogP contribution in [0.5, 0.6) is 5.75 Å². The molecular formula is C9H13AsO. The number of hydrogen-bond acceptors (Lipinski definition) is 1. The molecule has 1 rings (SSSR count). The number of rotatable bonds is 2. The first kappa shape index (κ1) is 8.67. The number of phenols is 1. The monoisotopic (exact) mass is 212 g/mol. The van der Waals surface area contributed by atoms with Crippen LogP contribution >= 0.6 is 0 Å². The van der Waals surface area contributed by atoms with E-state index < -0.39 is 14.7 Å². The van der Waals surface area contributed by atoms with E-state index in [2.05, 4.69) is 11.4 Å². The third-order valence-electron chi connectivity index (χ3n) is 1.48. The van der Waals surface area contributed by atoms with Crippen LogP contribution in [0.2, 0.25) is 11.4 Å². The molecule has 1 aromatic carbocycles. The van der Waals surface area contributed by atoms with Crippen molar-refractivity contribution in [2.75, 3.05) is 0 Å². The maximum absolute atomic E-state index is 9.38. The van der Waals surface area contributed by atoms with Gasteiger partial charge in [0.15, 0.2) is 0 Å². The molecule has 0 aliphatic heterocycles. The predicted molar refractivity (Wildman–Crippen MR) is 49.3 cm³/mol. The van der Waals surface area contributed by atoms with Crippen molar-refractivity contribution >= 4 is 14.7 Å². The van der Waals surface area contributed by atoms with Gasteiger partial charge in [-0.25, -0.2) is 0 Å². The first-order valence-electron chi connectivity index (χ1n) is 3.62. The van der Waals surface area contributed by atoms with Crippen LogP contribution in [-0.2, 0) is 5.21 Å². The van der Waals surface area contributed by atoms with Crippen molar-refractivity contribution in [3.63, 3.8) is 0 Å². The third-order valence-corrected chi connectivity index (χ3v) is 3.52. The Morgan fingerprint density at radius 3 is 2.45 bits per heavy atom. The fourth-order valence-corrected chi connectivity index (χ4v) is 2.98.